The number of amides is 1. The summed E-state index contributed by atoms with van der Waals surface area (Å²) in [5.74, 6) is 0.279. The fourth-order valence-electron chi connectivity index (χ4n) is 3.53. The van der Waals surface area contributed by atoms with E-state index in [1.165, 1.54) is 21.8 Å². The maximum atomic E-state index is 12.7. The zero-order valence-corrected chi connectivity index (χ0v) is 15.4. The molecule has 0 aliphatic heterocycles. The van der Waals surface area contributed by atoms with Crippen LogP contribution in [0, 0.1) is 5.92 Å². The van der Waals surface area contributed by atoms with Crippen molar-refractivity contribution in [3.05, 3.63) is 22.6 Å². The molecule has 3 aromatic heterocycles. The third-order valence-electron chi connectivity index (χ3n) is 4.85. The summed E-state index contributed by atoms with van der Waals surface area (Å²) >= 11 is 1.70. The molecule has 0 fully saturated rings. The van der Waals surface area contributed by atoms with Gasteiger partial charge in [0.25, 0.3) is 5.91 Å². The van der Waals surface area contributed by atoms with E-state index in [1.54, 1.807) is 22.2 Å². The summed E-state index contributed by atoms with van der Waals surface area (Å²) in [5, 5.41) is 23.6. The minimum atomic E-state index is -0.401. The van der Waals surface area contributed by atoms with Gasteiger partial charge in [-0.25, -0.2) is 14.5 Å². The van der Waals surface area contributed by atoms with Crippen molar-refractivity contribution in [2.24, 2.45) is 5.92 Å². The monoisotopic (exact) mass is 375 g/mol. The van der Waals surface area contributed by atoms with E-state index in [9.17, 15) is 4.79 Å². The lowest BCUT2D eigenvalue weighted by molar-refractivity contribution is 0.0673. The fourth-order valence-corrected chi connectivity index (χ4v) is 4.71. The highest BCUT2D eigenvalue weighted by molar-refractivity contribution is 7.19. The van der Waals surface area contributed by atoms with E-state index in [0.29, 0.717) is 11.6 Å². The average molecular weight is 375 g/mol. The van der Waals surface area contributed by atoms with Crippen molar-refractivity contribution >= 4 is 33.1 Å². The lowest BCUT2D eigenvalue weighted by atomic mass is 9.89. The van der Waals surface area contributed by atoms with Gasteiger partial charge in [-0.2, -0.15) is 0 Å². The Bertz CT molecular complexity index is 960. The van der Waals surface area contributed by atoms with Gasteiger partial charge in [-0.3, -0.25) is 4.79 Å². The Kier molecular flexibility index (Phi) is 4.60. The second-order valence-corrected chi connectivity index (χ2v) is 7.80. The fraction of sp³-hybridized carbons (Fsp3) is 0.529. The van der Waals surface area contributed by atoms with Gasteiger partial charge < -0.3 is 15.1 Å². The van der Waals surface area contributed by atoms with Crippen LogP contribution < -0.4 is 0 Å². The second-order valence-electron chi connectivity index (χ2n) is 6.72. The first-order chi connectivity index (χ1) is 12.6. The van der Waals surface area contributed by atoms with E-state index in [2.05, 4.69) is 22.0 Å². The minimum absolute atomic E-state index is 0.0602. The van der Waals surface area contributed by atoms with Crippen LogP contribution in [0.1, 0.15) is 34.4 Å². The number of aromatic nitrogens is 4. The van der Waals surface area contributed by atoms with Crippen molar-refractivity contribution in [3.63, 3.8) is 0 Å². The van der Waals surface area contributed by atoms with Crippen molar-refractivity contribution in [1.82, 2.24) is 24.5 Å². The largest absolute Gasteiger partial charge is 0.395 e. The topological polar surface area (TPSA) is 104 Å². The van der Waals surface area contributed by atoms with Crippen LogP contribution in [0.2, 0.25) is 0 Å². The van der Waals surface area contributed by atoms with Gasteiger partial charge in [0.1, 0.15) is 11.2 Å². The van der Waals surface area contributed by atoms with Crippen LogP contribution in [0.15, 0.2) is 6.33 Å². The number of rotatable bonds is 5. The summed E-state index contributed by atoms with van der Waals surface area (Å²) in [7, 11) is 0. The van der Waals surface area contributed by atoms with Gasteiger partial charge >= 0.3 is 0 Å². The SMILES string of the molecule is C[C@H]1CCc2sc3ncn4nc(C(=O)N(CCO)CCO)nc4c3c2C1. The molecule has 0 saturated heterocycles. The molecule has 2 N–H and O–H groups in total. The first-order valence-electron chi connectivity index (χ1n) is 8.79. The van der Waals surface area contributed by atoms with Crippen molar-refractivity contribution < 1.29 is 15.0 Å². The van der Waals surface area contributed by atoms with Gasteiger partial charge in [-0.15, -0.1) is 16.4 Å². The molecule has 1 amide bonds. The lowest BCUT2D eigenvalue weighted by Gasteiger charge is -2.18. The van der Waals surface area contributed by atoms with Crippen LogP contribution in [0.4, 0.5) is 0 Å². The van der Waals surface area contributed by atoms with Gasteiger partial charge in [0, 0.05) is 18.0 Å². The number of fused-ring (bicyclic) bond motifs is 5. The molecule has 0 spiro atoms. The smallest absolute Gasteiger partial charge is 0.293 e. The van der Waals surface area contributed by atoms with E-state index >= 15 is 0 Å². The molecule has 26 heavy (non-hydrogen) atoms. The molecule has 1 atom stereocenters. The number of aliphatic hydroxyl groups is 2. The Hall–Kier alpha value is -2.10. The molecule has 0 radical (unpaired) electrons. The van der Waals surface area contributed by atoms with Crippen LogP contribution in [0.3, 0.4) is 0 Å². The number of aryl methyl sites for hydroxylation is 1. The van der Waals surface area contributed by atoms with Crippen LogP contribution >= 0.6 is 11.3 Å². The van der Waals surface area contributed by atoms with Crippen molar-refractivity contribution in [1.29, 1.82) is 0 Å². The standard InChI is InChI=1S/C17H21N5O3S/c1-10-2-3-12-11(8-10)13-15-19-14(17(25)21(4-6-23)5-7-24)20-22(15)9-18-16(13)26-12/h9-10,23-24H,2-8H2,1H3/t10-/m0/s1. The van der Waals surface area contributed by atoms with Crippen molar-refractivity contribution in [2.75, 3.05) is 26.3 Å². The van der Waals surface area contributed by atoms with Gasteiger partial charge in [0.15, 0.2) is 5.65 Å². The Balaban J connectivity index is 1.81. The van der Waals surface area contributed by atoms with Gasteiger partial charge in [-0.1, -0.05) is 6.92 Å². The van der Waals surface area contributed by atoms with Crippen molar-refractivity contribution in [2.45, 2.75) is 26.2 Å². The minimum Gasteiger partial charge on any atom is -0.395 e. The Morgan fingerprint density at radius 1 is 1.38 bits per heavy atom. The highest BCUT2D eigenvalue weighted by atomic mass is 32.1. The van der Waals surface area contributed by atoms with Crippen molar-refractivity contribution in [3.8, 4) is 0 Å². The Morgan fingerprint density at radius 2 is 2.15 bits per heavy atom. The predicted octanol–water partition coefficient (Wildman–Crippen LogP) is 0.891. The van der Waals surface area contributed by atoms with E-state index in [1.807, 2.05) is 0 Å². The second kappa shape index (κ2) is 6.90. The molecule has 138 valence electrons. The van der Waals surface area contributed by atoms with Gasteiger partial charge in [0.05, 0.1) is 18.6 Å². The molecule has 9 heteroatoms. The predicted molar refractivity (Wildman–Crippen MR) is 97.4 cm³/mol. The molecule has 8 nitrogen and oxygen atoms in total. The molecule has 0 unspecified atom stereocenters. The maximum absolute atomic E-state index is 12.7. The number of carbonyl (C=O) groups is 1. The summed E-state index contributed by atoms with van der Waals surface area (Å²) in [6.07, 6.45) is 4.83. The number of carbonyl (C=O) groups excluding carboxylic acids is 1. The maximum Gasteiger partial charge on any atom is 0.293 e. The molecule has 0 bridgehead atoms. The number of aliphatic hydroxyl groups excluding tert-OH is 2. The van der Waals surface area contributed by atoms with Crippen LogP contribution in [-0.4, -0.2) is 66.9 Å². The van der Waals surface area contributed by atoms with Crippen LogP contribution in [0.25, 0.3) is 15.9 Å². The normalized spacial score (nSPS) is 17.0. The summed E-state index contributed by atoms with van der Waals surface area (Å²) < 4.78 is 1.55. The van der Waals surface area contributed by atoms with Crippen LogP contribution in [-0.2, 0) is 12.8 Å². The van der Waals surface area contributed by atoms with Gasteiger partial charge in [0.2, 0.25) is 5.82 Å². The molecule has 4 rings (SSSR count). The van der Waals surface area contributed by atoms with E-state index in [-0.39, 0.29) is 32.1 Å². The molecule has 3 aromatic rings. The summed E-state index contributed by atoms with van der Waals surface area (Å²) in [6.45, 7) is 2.16. The summed E-state index contributed by atoms with van der Waals surface area (Å²) in [6, 6.07) is 0. The molecule has 0 saturated carbocycles. The zero-order chi connectivity index (χ0) is 18.3. The van der Waals surface area contributed by atoms with E-state index in [0.717, 1.165) is 23.1 Å². The quantitative estimate of drug-likeness (QED) is 0.686. The van der Waals surface area contributed by atoms with E-state index < -0.39 is 5.91 Å². The lowest BCUT2D eigenvalue weighted by Crippen LogP contribution is -2.36. The number of nitrogens with zero attached hydrogens (tertiary/aromatic N) is 5. The molecular formula is C17H21N5O3S. The number of hydrogen-bond acceptors (Lipinski definition) is 7. The third kappa shape index (κ3) is 2.85. The Labute approximate surface area is 154 Å². The Morgan fingerprint density at radius 3 is 2.88 bits per heavy atom. The third-order valence-corrected chi connectivity index (χ3v) is 6.05. The number of thiophene rings is 1. The molecular weight excluding hydrogens is 354 g/mol. The number of hydrogen-bond donors (Lipinski definition) is 2. The molecule has 0 aromatic carbocycles. The molecule has 1 aliphatic rings. The first-order valence-corrected chi connectivity index (χ1v) is 9.60. The van der Waals surface area contributed by atoms with E-state index in [4.69, 9.17) is 10.2 Å². The van der Waals surface area contributed by atoms with Gasteiger partial charge in [-0.05, 0) is 30.7 Å². The average Bonchev–Trinajstić information content (AvgIpc) is 3.21. The highest BCUT2D eigenvalue weighted by Crippen LogP contribution is 2.38. The highest BCUT2D eigenvalue weighted by Gasteiger charge is 2.25. The summed E-state index contributed by atoms with van der Waals surface area (Å²) in [5.41, 5.74) is 1.94. The summed E-state index contributed by atoms with van der Waals surface area (Å²) in [4.78, 5) is 25.3. The molecule has 1 aliphatic carbocycles. The first kappa shape index (κ1) is 17.3. The van der Waals surface area contributed by atoms with Crippen LogP contribution in [0.5, 0.6) is 0 Å². The zero-order valence-electron chi connectivity index (χ0n) is 14.6. The molecule has 3 heterocycles.